The van der Waals surface area contributed by atoms with Crippen molar-refractivity contribution in [3.63, 3.8) is 0 Å². The topological polar surface area (TPSA) is 186 Å². The number of cyclic esters (lactones) is 1. The second kappa shape index (κ2) is 15.3. The summed E-state index contributed by atoms with van der Waals surface area (Å²) in [6.07, 6.45) is -2.75. The quantitative estimate of drug-likeness (QED) is 0.277. The lowest BCUT2D eigenvalue weighted by atomic mass is 9.97. The van der Waals surface area contributed by atoms with Crippen LogP contribution >= 0.6 is 0 Å². The summed E-state index contributed by atoms with van der Waals surface area (Å²) >= 11 is 0. The average Bonchev–Trinajstić information content (AvgIpc) is 3.43. The summed E-state index contributed by atoms with van der Waals surface area (Å²) in [6.45, 7) is 7.94. The molecular weight excluding hydrogens is 550 g/mol. The van der Waals surface area contributed by atoms with Gasteiger partial charge in [-0.3, -0.25) is 28.8 Å². The van der Waals surface area contributed by atoms with Crippen LogP contribution in [0.4, 0.5) is 0 Å². The highest BCUT2D eigenvalue weighted by Crippen LogP contribution is 2.23. The Balaban J connectivity index is 2.51. The first kappa shape index (κ1) is 34.9. The molecular formula is C28H47N5O9. The van der Waals surface area contributed by atoms with Gasteiger partial charge in [-0.2, -0.15) is 0 Å². The number of ether oxygens (including phenoxy) is 1. The van der Waals surface area contributed by atoms with Crippen LogP contribution in [0.5, 0.6) is 0 Å². The van der Waals surface area contributed by atoms with Crippen LogP contribution < -0.4 is 10.6 Å². The lowest BCUT2D eigenvalue weighted by Crippen LogP contribution is -2.60. The summed E-state index contributed by atoms with van der Waals surface area (Å²) in [5.41, 5.74) is 0. The fourth-order valence-corrected chi connectivity index (χ4v) is 5.25. The second-order valence-electron chi connectivity index (χ2n) is 11.8. The van der Waals surface area contributed by atoms with E-state index in [1.54, 1.807) is 27.7 Å². The zero-order valence-corrected chi connectivity index (χ0v) is 25.7. The number of rotatable bonds is 5. The van der Waals surface area contributed by atoms with Crippen molar-refractivity contribution in [2.75, 3.05) is 33.8 Å². The number of aliphatic hydroxyl groups is 2. The van der Waals surface area contributed by atoms with E-state index in [9.17, 15) is 39.0 Å². The van der Waals surface area contributed by atoms with Gasteiger partial charge in [-0.1, -0.05) is 27.7 Å². The first-order chi connectivity index (χ1) is 19.6. The van der Waals surface area contributed by atoms with Gasteiger partial charge in [-0.15, -0.1) is 0 Å². The number of hydrogen-bond acceptors (Lipinski definition) is 9. The lowest BCUT2D eigenvalue weighted by Gasteiger charge is -2.37. The van der Waals surface area contributed by atoms with Gasteiger partial charge in [0.15, 0.2) is 6.10 Å². The molecule has 0 aromatic rings. The number of aliphatic hydroxyl groups excluding tert-OH is 2. The first-order valence-corrected chi connectivity index (χ1v) is 14.5. The van der Waals surface area contributed by atoms with Gasteiger partial charge in [0.25, 0.3) is 5.91 Å². The molecule has 2 aliphatic rings. The molecule has 0 aromatic carbocycles. The first-order valence-electron chi connectivity index (χ1n) is 14.5. The van der Waals surface area contributed by atoms with Gasteiger partial charge >= 0.3 is 5.97 Å². The minimum absolute atomic E-state index is 0.148. The predicted octanol–water partition coefficient (Wildman–Crippen LogP) is -1.38. The highest BCUT2D eigenvalue weighted by molar-refractivity contribution is 5.96. The predicted molar refractivity (Wildman–Crippen MR) is 150 cm³/mol. The number of esters is 1. The standard InChI is InChI=1S/C28H47N5O9/c1-15(2)22-27(40)32(7)23(16(3)4)28(41)31(6)17(5)24(37)29-11-10-21(36)42-20(13-18(35)14-34)26(39)33-12-8-9-19(33)25(38)30-22/h15-20,22-23,34-35H,8-14H2,1-7H3,(H,29,37)(H,30,38). The van der Waals surface area contributed by atoms with E-state index in [1.807, 2.05) is 0 Å². The molecule has 6 atom stereocenters. The minimum Gasteiger partial charge on any atom is -0.452 e. The number of likely N-dealkylation sites (N-methyl/N-ethyl adjacent to an activating group) is 2. The average molecular weight is 598 g/mol. The zero-order valence-electron chi connectivity index (χ0n) is 25.7. The fourth-order valence-electron chi connectivity index (χ4n) is 5.25. The maximum Gasteiger partial charge on any atom is 0.308 e. The third-order valence-electron chi connectivity index (χ3n) is 7.90. The maximum absolute atomic E-state index is 13.8. The SMILES string of the molecule is CC(C)C1NC(=O)C2CCCN2C(=O)C(CC(O)CO)OC(=O)CCNC(=O)C(C)N(C)C(=O)C(C(C)C)N(C)C1=O. The number of fused-ring (bicyclic) bond motifs is 1. The number of carbonyl (C=O) groups is 6. The Kier molecular flexibility index (Phi) is 12.7. The molecule has 0 spiro atoms. The third kappa shape index (κ3) is 8.40. The van der Waals surface area contributed by atoms with Crippen LogP contribution in [0.2, 0.25) is 0 Å². The summed E-state index contributed by atoms with van der Waals surface area (Å²) in [5.74, 6) is -4.31. The smallest absolute Gasteiger partial charge is 0.308 e. The van der Waals surface area contributed by atoms with Crippen LogP contribution in [-0.2, 0) is 33.5 Å². The molecule has 2 heterocycles. The van der Waals surface area contributed by atoms with E-state index >= 15 is 0 Å². The summed E-state index contributed by atoms with van der Waals surface area (Å²) in [7, 11) is 2.94. The molecule has 14 heteroatoms. The van der Waals surface area contributed by atoms with Crippen LogP contribution in [-0.4, -0.2) is 131 Å². The van der Waals surface area contributed by atoms with Crippen LogP contribution in [0.15, 0.2) is 0 Å². The molecule has 0 radical (unpaired) electrons. The van der Waals surface area contributed by atoms with E-state index in [4.69, 9.17) is 4.74 Å². The fraction of sp³-hybridized carbons (Fsp3) is 0.786. The maximum atomic E-state index is 13.8. The number of nitrogens with one attached hydrogen (secondary N) is 2. The van der Waals surface area contributed by atoms with Crippen LogP contribution in [0, 0.1) is 11.8 Å². The Labute approximate surface area is 247 Å². The van der Waals surface area contributed by atoms with E-state index in [-0.39, 0.29) is 31.3 Å². The van der Waals surface area contributed by atoms with Gasteiger partial charge < -0.3 is 40.3 Å². The van der Waals surface area contributed by atoms with Crippen molar-refractivity contribution in [2.24, 2.45) is 11.8 Å². The number of hydrogen-bond donors (Lipinski definition) is 4. The second-order valence-corrected chi connectivity index (χ2v) is 11.8. The normalized spacial score (nSPS) is 28.6. The van der Waals surface area contributed by atoms with Crippen LogP contribution in [0.1, 0.15) is 60.3 Å². The summed E-state index contributed by atoms with van der Waals surface area (Å²) < 4.78 is 5.37. The Morgan fingerprint density at radius 1 is 0.929 bits per heavy atom. The largest absolute Gasteiger partial charge is 0.452 e. The van der Waals surface area contributed by atoms with Crippen molar-refractivity contribution in [3.8, 4) is 0 Å². The molecule has 2 aliphatic heterocycles. The summed E-state index contributed by atoms with van der Waals surface area (Å²) in [5, 5.41) is 24.7. The monoisotopic (exact) mass is 597 g/mol. The molecule has 0 aliphatic carbocycles. The van der Waals surface area contributed by atoms with Gasteiger partial charge in [0, 0.05) is 33.6 Å². The molecule has 5 amide bonds. The van der Waals surface area contributed by atoms with Crippen molar-refractivity contribution in [1.82, 2.24) is 25.3 Å². The van der Waals surface area contributed by atoms with E-state index < -0.39 is 84.9 Å². The highest BCUT2D eigenvalue weighted by atomic mass is 16.5. The molecule has 2 rings (SSSR count). The Morgan fingerprint density at radius 3 is 2.14 bits per heavy atom. The molecule has 0 aromatic heterocycles. The van der Waals surface area contributed by atoms with E-state index in [0.29, 0.717) is 12.8 Å². The molecule has 6 unspecified atom stereocenters. The van der Waals surface area contributed by atoms with Crippen molar-refractivity contribution >= 4 is 35.5 Å². The Hall–Kier alpha value is -3.26. The third-order valence-corrected chi connectivity index (χ3v) is 7.90. The van der Waals surface area contributed by atoms with Crippen molar-refractivity contribution in [1.29, 1.82) is 0 Å². The van der Waals surface area contributed by atoms with E-state index in [1.165, 1.54) is 35.7 Å². The van der Waals surface area contributed by atoms with Crippen molar-refractivity contribution in [2.45, 2.75) is 96.7 Å². The Bertz CT molecular complexity index is 1020. The van der Waals surface area contributed by atoms with E-state index in [0.717, 1.165) is 0 Å². The zero-order chi connectivity index (χ0) is 31.9. The van der Waals surface area contributed by atoms with Gasteiger partial charge in [0.1, 0.15) is 24.2 Å². The number of nitrogens with zero attached hydrogens (tertiary/aromatic N) is 3. The Morgan fingerprint density at radius 2 is 1.57 bits per heavy atom. The van der Waals surface area contributed by atoms with E-state index in [2.05, 4.69) is 10.6 Å². The van der Waals surface area contributed by atoms with Crippen molar-refractivity contribution < 1.29 is 43.7 Å². The van der Waals surface area contributed by atoms with Gasteiger partial charge in [0.2, 0.25) is 23.6 Å². The molecule has 2 fully saturated rings. The highest BCUT2D eigenvalue weighted by Gasteiger charge is 2.42. The van der Waals surface area contributed by atoms with Crippen LogP contribution in [0.25, 0.3) is 0 Å². The van der Waals surface area contributed by atoms with Gasteiger partial charge in [-0.25, -0.2) is 0 Å². The molecule has 4 N–H and O–H groups in total. The molecule has 238 valence electrons. The molecule has 0 saturated carbocycles. The van der Waals surface area contributed by atoms with Gasteiger partial charge in [0.05, 0.1) is 19.1 Å². The molecule has 14 nitrogen and oxygen atoms in total. The molecule has 42 heavy (non-hydrogen) atoms. The molecule has 0 bridgehead atoms. The van der Waals surface area contributed by atoms with Crippen molar-refractivity contribution in [3.05, 3.63) is 0 Å². The van der Waals surface area contributed by atoms with Crippen LogP contribution in [0.3, 0.4) is 0 Å². The van der Waals surface area contributed by atoms with Gasteiger partial charge in [-0.05, 0) is 31.6 Å². The number of carbonyl (C=O) groups excluding carboxylic acids is 6. The minimum atomic E-state index is -1.48. The summed E-state index contributed by atoms with van der Waals surface area (Å²) in [4.78, 5) is 83.6. The molecule has 2 saturated heterocycles. The number of amides is 5. The summed E-state index contributed by atoms with van der Waals surface area (Å²) in [6, 6.07) is -3.86. The lowest BCUT2D eigenvalue weighted by molar-refractivity contribution is -0.163.